The van der Waals surface area contributed by atoms with Crippen LogP contribution in [0.25, 0.3) is 0 Å². The van der Waals surface area contributed by atoms with Crippen LogP contribution in [0.3, 0.4) is 0 Å². The smallest absolute Gasteiger partial charge is 0.311 e. The second-order valence-electron chi connectivity index (χ2n) is 3.88. The Labute approximate surface area is 124 Å². The van der Waals surface area contributed by atoms with Gasteiger partial charge in [-0.3, -0.25) is 9.59 Å². The number of thioether (sulfide) groups is 1. The quantitative estimate of drug-likeness (QED) is 0.483. The van der Waals surface area contributed by atoms with Gasteiger partial charge in [-0.15, -0.1) is 11.3 Å². The maximum atomic E-state index is 11.8. The Bertz CT molecular complexity index is 578. The van der Waals surface area contributed by atoms with Gasteiger partial charge in [0.05, 0.1) is 30.2 Å². The average molecular weight is 310 g/mol. The highest BCUT2D eigenvalue weighted by molar-refractivity contribution is 8.01. The van der Waals surface area contributed by atoms with E-state index in [1.54, 1.807) is 25.3 Å². The second kappa shape index (κ2) is 7.25. The van der Waals surface area contributed by atoms with E-state index in [2.05, 4.69) is 9.97 Å². The first-order valence-electron chi connectivity index (χ1n) is 6.08. The third-order valence-corrected chi connectivity index (χ3v) is 4.46. The highest BCUT2D eigenvalue weighted by Gasteiger charge is 2.11. The van der Waals surface area contributed by atoms with E-state index in [-0.39, 0.29) is 18.2 Å². The van der Waals surface area contributed by atoms with Crippen molar-refractivity contribution in [2.45, 2.75) is 17.7 Å². The molecule has 0 unspecified atom stereocenters. The van der Waals surface area contributed by atoms with Crippen molar-refractivity contribution in [3.05, 3.63) is 35.1 Å². The lowest BCUT2D eigenvalue weighted by molar-refractivity contribution is -0.142. The number of hydrogen-bond donors (Lipinski definition) is 1. The first kappa shape index (κ1) is 14.8. The van der Waals surface area contributed by atoms with Gasteiger partial charge in [-0.05, 0) is 19.1 Å². The van der Waals surface area contributed by atoms with Gasteiger partial charge in [-0.2, -0.15) is 0 Å². The van der Waals surface area contributed by atoms with E-state index in [4.69, 9.17) is 4.74 Å². The first-order valence-corrected chi connectivity index (χ1v) is 7.95. The Balaban J connectivity index is 1.84. The minimum Gasteiger partial charge on any atom is -0.466 e. The van der Waals surface area contributed by atoms with Gasteiger partial charge >= 0.3 is 5.97 Å². The summed E-state index contributed by atoms with van der Waals surface area (Å²) in [6, 6.07) is 3.54. The minimum atomic E-state index is -0.281. The predicted molar refractivity (Wildman–Crippen MR) is 78.3 cm³/mol. The van der Waals surface area contributed by atoms with Gasteiger partial charge in [0.1, 0.15) is 0 Å². The van der Waals surface area contributed by atoms with Crippen LogP contribution in [-0.2, 0) is 16.0 Å². The van der Waals surface area contributed by atoms with E-state index >= 15 is 0 Å². The SMILES string of the molecule is CCOC(=O)Cc1csc(SCC(=O)c2ccc[nH]2)n1. The maximum absolute atomic E-state index is 11.8. The molecule has 0 spiro atoms. The number of carbonyl (C=O) groups is 2. The number of aromatic amines is 1. The number of rotatable bonds is 7. The first-order chi connectivity index (χ1) is 9.69. The number of ether oxygens (including phenoxy) is 1. The fraction of sp³-hybridized carbons (Fsp3) is 0.308. The number of H-pyrrole nitrogens is 1. The number of ketones is 1. The molecule has 0 aliphatic heterocycles. The van der Waals surface area contributed by atoms with Gasteiger partial charge in [0.2, 0.25) is 0 Å². The van der Waals surface area contributed by atoms with Crippen LogP contribution in [0, 0.1) is 0 Å². The lowest BCUT2D eigenvalue weighted by atomic mass is 10.3. The zero-order valence-corrected chi connectivity index (χ0v) is 12.6. The van der Waals surface area contributed by atoms with Crippen molar-refractivity contribution >= 4 is 34.9 Å². The summed E-state index contributed by atoms with van der Waals surface area (Å²) in [5.41, 5.74) is 1.28. The standard InChI is InChI=1S/C13H14N2O3S2/c1-2-18-12(17)6-9-7-19-13(15-9)20-8-11(16)10-4-3-5-14-10/h3-5,7,14H,2,6,8H2,1H3. The van der Waals surface area contributed by atoms with Crippen LogP contribution >= 0.6 is 23.1 Å². The number of nitrogens with one attached hydrogen (secondary N) is 1. The zero-order valence-electron chi connectivity index (χ0n) is 10.9. The molecule has 7 heteroatoms. The average Bonchev–Trinajstić information content (AvgIpc) is 3.07. The van der Waals surface area contributed by atoms with E-state index in [1.807, 2.05) is 5.38 Å². The summed E-state index contributed by atoms with van der Waals surface area (Å²) in [6.07, 6.45) is 1.90. The monoisotopic (exact) mass is 310 g/mol. The summed E-state index contributed by atoms with van der Waals surface area (Å²) in [4.78, 5) is 30.3. The molecule has 0 saturated carbocycles. The fourth-order valence-corrected chi connectivity index (χ4v) is 3.23. The van der Waals surface area contributed by atoms with Gasteiger partial charge in [-0.25, -0.2) is 4.98 Å². The fourth-order valence-electron chi connectivity index (χ4n) is 1.50. The number of thiazole rings is 1. The van der Waals surface area contributed by atoms with E-state index < -0.39 is 0 Å². The lowest BCUT2D eigenvalue weighted by Gasteiger charge is -1.98. The molecule has 2 aromatic rings. The molecule has 2 rings (SSSR count). The molecule has 0 aliphatic carbocycles. The topological polar surface area (TPSA) is 72.1 Å². The number of Topliss-reactive ketones (excluding diaryl/α,β-unsaturated/α-hetero) is 1. The minimum absolute atomic E-state index is 0.0298. The number of aromatic nitrogens is 2. The molecule has 0 aliphatic rings. The van der Waals surface area contributed by atoms with Crippen molar-refractivity contribution in [3.63, 3.8) is 0 Å². The Morgan fingerprint density at radius 3 is 3.05 bits per heavy atom. The van der Waals surface area contributed by atoms with Crippen molar-refractivity contribution in [3.8, 4) is 0 Å². The van der Waals surface area contributed by atoms with Gasteiger partial charge in [0, 0.05) is 11.6 Å². The molecular formula is C13H14N2O3S2. The molecule has 1 N–H and O–H groups in total. The lowest BCUT2D eigenvalue weighted by Crippen LogP contribution is -2.07. The van der Waals surface area contributed by atoms with Gasteiger partial charge < -0.3 is 9.72 Å². The molecule has 0 atom stereocenters. The molecule has 2 aromatic heterocycles. The number of esters is 1. The Morgan fingerprint density at radius 1 is 1.50 bits per heavy atom. The van der Waals surface area contributed by atoms with Crippen LogP contribution < -0.4 is 0 Å². The third-order valence-electron chi connectivity index (χ3n) is 2.39. The van der Waals surface area contributed by atoms with Gasteiger partial charge in [0.15, 0.2) is 10.1 Å². The molecule has 0 radical (unpaired) electrons. The largest absolute Gasteiger partial charge is 0.466 e. The Hall–Kier alpha value is -1.60. The van der Waals surface area contributed by atoms with Crippen molar-refractivity contribution in [2.75, 3.05) is 12.4 Å². The summed E-state index contributed by atoms with van der Waals surface area (Å²) in [5.74, 6) is 0.0753. The van der Waals surface area contributed by atoms with Gasteiger partial charge in [-0.1, -0.05) is 11.8 Å². The molecule has 0 saturated heterocycles. The highest BCUT2D eigenvalue weighted by atomic mass is 32.2. The van der Waals surface area contributed by atoms with E-state index in [0.717, 1.165) is 4.34 Å². The van der Waals surface area contributed by atoms with E-state index in [0.29, 0.717) is 23.7 Å². The van der Waals surface area contributed by atoms with Crippen LogP contribution in [0.15, 0.2) is 28.0 Å². The second-order valence-corrected chi connectivity index (χ2v) is 5.96. The summed E-state index contributed by atoms with van der Waals surface area (Å²) >= 11 is 2.80. The summed E-state index contributed by atoms with van der Waals surface area (Å²) in [7, 11) is 0. The zero-order chi connectivity index (χ0) is 14.4. The predicted octanol–water partition coefficient (Wildman–Crippen LogP) is 2.55. The van der Waals surface area contributed by atoms with Crippen molar-refractivity contribution in [2.24, 2.45) is 0 Å². The number of hydrogen-bond acceptors (Lipinski definition) is 6. The summed E-state index contributed by atoms with van der Waals surface area (Å²) in [5, 5.41) is 1.82. The van der Waals surface area contributed by atoms with Crippen molar-refractivity contribution in [1.29, 1.82) is 0 Å². The van der Waals surface area contributed by atoms with Crippen LogP contribution in [0.2, 0.25) is 0 Å². The van der Waals surface area contributed by atoms with Crippen molar-refractivity contribution < 1.29 is 14.3 Å². The maximum Gasteiger partial charge on any atom is 0.311 e. The molecule has 5 nitrogen and oxygen atoms in total. The molecule has 0 aromatic carbocycles. The van der Waals surface area contributed by atoms with E-state index in [9.17, 15) is 9.59 Å². The molecule has 0 amide bonds. The van der Waals surface area contributed by atoms with Crippen LogP contribution in [0.5, 0.6) is 0 Å². The van der Waals surface area contributed by atoms with Crippen LogP contribution in [0.1, 0.15) is 23.1 Å². The number of nitrogens with zero attached hydrogens (tertiary/aromatic N) is 1. The summed E-state index contributed by atoms with van der Waals surface area (Å²) < 4.78 is 5.64. The molecule has 20 heavy (non-hydrogen) atoms. The van der Waals surface area contributed by atoms with Crippen LogP contribution in [-0.4, -0.2) is 34.1 Å². The van der Waals surface area contributed by atoms with Crippen molar-refractivity contribution in [1.82, 2.24) is 9.97 Å². The summed E-state index contributed by atoms with van der Waals surface area (Å²) in [6.45, 7) is 2.14. The molecular weight excluding hydrogens is 296 g/mol. The molecule has 106 valence electrons. The van der Waals surface area contributed by atoms with E-state index in [1.165, 1.54) is 23.1 Å². The normalized spacial score (nSPS) is 10.4. The molecule has 2 heterocycles. The van der Waals surface area contributed by atoms with Crippen LogP contribution in [0.4, 0.5) is 0 Å². The molecule has 0 bridgehead atoms. The molecule has 0 fully saturated rings. The third kappa shape index (κ3) is 4.21. The Kier molecular flexibility index (Phi) is 5.37. The Morgan fingerprint density at radius 2 is 2.35 bits per heavy atom. The highest BCUT2D eigenvalue weighted by Crippen LogP contribution is 2.23. The number of carbonyl (C=O) groups excluding carboxylic acids is 2. The van der Waals surface area contributed by atoms with Gasteiger partial charge in [0.25, 0.3) is 0 Å².